The van der Waals surface area contributed by atoms with Crippen LogP contribution in [-0.2, 0) is 19.1 Å². The van der Waals surface area contributed by atoms with E-state index in [4.69, 9.17) is 9.47 Å². The molecule has 0 fully saturated rings. The Morgan fingerprint density at radius 3 is 0.846 bits per heavy atom. The molecule has 0 amide bonds. The van der Waals surface area contributed by atoms with E-state index in [1.54, 1.807) is 0 Å². The molecule has 0 rings (SSSR count). The quantitative estimate of drug-likeness (QED) is 0.0373. The predicted octanol–water partition coefficient (Wildman–Crippen LogP) is 23.2. The number of esters is 2. The molecule has 0 bridgehead atoms. The van der Waals surface area contributed by atoms with Gasteiger partial charge in [0.25, 0.3) is 0 Å². The third-order valence-electron chi connectivity index (χ3n) is 14.6. The standard InChI is InChI=1S/C73H126O5/c1-3-5-7-9-11-13-15-17-19-21-23-25-27-29-30-31-32-33-34-35-36-37-38-39-40-41-42-44-46-48-50-52-54-56-58-60-62-64-66-68-73(76)78-71(69-74)70-77-72(75)67-65-63-61-59-57-55-53-51-49-47-45-43-28-26-24-22-20-18-16-14-12-10-8-6-4-2/h5,7,11,13,17,19,22-25,29-30,32-33,35-36,38-39,71,74H,3-4,6,8-10,12,14-16,18,20-21,26-28,31,34,37,40-70H2,1-2H3/b7-5-,13-11-,19-17-,24-22-,25-23-,30-29-,33-32-,36-35-,39-38-. The summed E-state index contributed by atoms with van der Waals surface area (Å²) >= 11 is 0. The van der Waals surface area contributed by atoms with E-state index < -0.39 is 6.10 Å². The van der Waals surface area contributed by atoms with Crippen molar-refractivity contribution in [3.05, 3.63) is 109 Å². The van der Waals surface area contributed by atoms with Crippen molar-refractivity contribution < 1.29 is 24.2 Å². The van der Waals surface area contributed by atoms with Gasteiger partial charge in [0, 0.05) is 12.8 Å². The summed E-state index contributed by atoms with van der Waals surface area (Å²) in [5, 5.41) is 9.69. The number of hydrogen-bond acceptors (Lipinski definition) is 5. The van der Waals surface area contributed by atoms with E-state index >= 15 is 0 Å². The Balaban J connectivity index is 3.49. The number of unbranched alkanes of at least 4 members (excludes halogenated alkanes) is 35. The number of allylic oxidation sites excluding steroid dienone is 18. The molecule has 5 nitrogen and oxygen atoms in total. The molecule has 0 aromatic heterocycles. The minimum absolute atomic E-state index is 0.0670. The first-order valence-electron chi connectivity index (χ1n) is 33.4. The normalized spacial score (nSPS) is 12.9. The molecule has 78 heavy (non-hydrogen) atoms. The van der Waals surface area contributed by atoms with Gasteiger partial charge in [0.2, 0.25) is 0 Å². The van der Waals surface area contributed by atoms with Crippen LogP contribution in [0.1, 0.15) is 322 Å². The highest BCUT2D eigenvalue weighted by atomic mass is 16.6. The minimum Gasteiger partial charge on any atom is -0.462 e. The Hall–Kier alpha value is -3.44. The van der Waals surface area contributed by atoms with Gasteiger partial charge in [-0.1, -0.05) is 316 Å². The first-order valence-corrected chi connectivity index (χ1v) is 33.4. The molecule has 0 aromatic carbocycles. The zero-order valence-electron chi connectivity index (χ0n) is 51.4. The molecule has 1 N–H and O–H groups in total. The Morgan fingerprint density at radius 2 is 0.551 bits per heavy atom. The van der Waals surface area contributed by atoms with E-state index in [9.17, 15) is 14.7 Å². The van der Waals surface area contributed by atoms with Crippen LogP contribution < -0.4 is 0 Å². The zero-order valence-corrected chi connectivity index (χ0v) is 51.4. The number of rotatable bonds is 61. The summed E-state index contributed by atoms with van der Waals surface area (Å²) in [6.07, 6.45) is 98.1. The molecular formula is C73H126O5. The highest BCUT2D eigenvalue weighted by Gasteiger charge is 2.16. The molecule has 0 aromatic rings. The van der Waals surface area contributed by atoms with Gasteiger partial charge in [-0.3, -0.25) is 9.59 Å². The molecule has 1 atom stereocenters. The second-order valence-corrected chi connectivity index (χ2v) is 22.2. The van der Waals surface area contributed by atoms with Crippen LogP contribution in [0.3, 0.4) is 0 Å². The van der Waals surface area contributed by atoms with Gasteiger partial charge in [0.1, 0.15) is 6.61 Å². The third-order valence-corrected chi connectivity index (χ3v) is 14.6. The molecule has 0 saturated heterocycles. The van der Waals surface area contributed by atoms with E-state index in [1.807, 2.05) is 0 Å². The summed E-state index contributed by atoms with van der Waals surface area (Å²) in [5.74, 6) is -0.582. The van der Waals surface area contributed by atoms with Gasteiger partial charge in [0.15, 0.2) is 6.10 Å². The molecule has 0 aliphatic rings. The highest BCUT2D eigenvalue weighted by molar-refractivity contribution is 5.70. The van der Waals surface area contributed by atoms with Gasteiger partial charge in [-0.15, -0.1) is 0 Å². The van der Waals surface area contributed by atoms with Crippen LogP contribution in [0, 0.1) is 0 Å². The smallest absolute Gasteiger partial charge is 0.306 e. The largest absolute Gasteiger partial charge is 0.462 e. The van der Waals surface area contributed by atoms with Crippen LogP contribution in [0.15, 0.2) is 109 Å². The van der Waals surface area contributed by atoms with Crippen LogP contribution in [0.4, 0.5) is 0 Å². The predicted molar refractivity (Wildman–Crippen MR) is 343 cm³/mol. The van der Waals surface area contributed by atoms with E-state index in [2.05, 4.69) is 123 Å². The number of ether oxygens (including phenoxy) is 2. The molecule has 1 unspecified atom stereocenters. The Labute approximate surface area is 484 Å². The van der Waals surface area contributed by atoms with Gasteiger partial charge in [-0.25, -0.2) is 0 Å². The number of carbonyl (C=O) groups excluding carboxylic acids is 2. The second kappa shape index (κ2) is 67.8. The van der Waals surface area contributed by atoms with Crippen molar-refractivity contribution in [3.8, 4) is 0 Å². The van der Waals surface area contributed by atoms with E-state index in [-0.39, 0.29) is 25.2 Å². The molecule has 448 valence electrons. The number of hydrogen-bond donors (Lipinski definition) is 1. The average molecular weight is 1080 g/mol. The number of aliphatic hydroxyl groups is 1. The van der Waals surface area contributed by atoms with Gasteiger partial charge in [-0.2, -0.15) is 0 Å². The van der Waals surface area contributed by atoms with Crippen molar-refractivity contribution >= 4 is 11.9 Å². The Bertz CT molecular complexity index is 1510. The molecule has 0 aliphatic heterocycles. The Morgan fingerprint density at radius 1 is 0.308 bits per heavy atom. The molecule has 0 spiro atoms. The minimum atomic E-state index is -0.778. The van der Waals surface area contributed by atoms with Gasteiger partial charge in [0.05, 0.1) is 6.61 Å². The summed E-state index contributed by atoms with van der Waals surface area (Å²) in [6.45, 7) is 4.06. The van der Waals surface area contributed by atoms with Crippen LogP contribution in [-0.4, -0.2) is 36.4 Å². The maximum absolute atomic E-state index is 12.4. The summed E-state index contributed by atoms with van der Waals surface area (Å²) in [4.78, 5) is 24.6. The second-order valence-electron chi connectivity index (χ2n) is 22.2. The van der Waals surface area contributed by atoms with Gasteiger partial charge < -0.3 is 14.6 Å². The lowest BCUT2D eigenvalue weighted by Gasteiger charge is -2.15. The molecule has 0 radical (unpaired) electrons. The first-order chi connectivity index (χ1) is 38.6. The van der Waals surface area contributed by atoms with Crippen molar-refractivity contribution in [1.29, 1.82) is 0 Å². The average Bonchev–Trinajstić information content (AvgIpc) is 3.44. The third kappa shape index (κ3) is 65.1. The van der Waals surface area contributed by atoms with Crippen molar-refractivity contribution in [2.75, 3.05) is 13.2 Å². The highest BCUT2D eigenvalue weighted by Crippen LogP contribution is 2.17. The maximum Gasteiger partial charge on any atom is 0.306 e. The lowest BCUT2D eigenvalue weighted by molar-refractivity contribution is -0.161. The van der Waals surface area contributed by atoms with Crippen molar-refractivity contribution in [2.24, 2.45) is 0 Å². The van der Waals surface area contributed by atoms with Gasteiger partial charge >= 0.3 is 11.9 Å². The maximum atomic E-state index is 12.4. The fourth-order valence-corrected chi connectivity index (χ4v) is 9.57. The lowest BCUT2D eigenvalue weighted by atomic mass is 10.0. The van der Waals surface area contributed by atoms with Crippen LogP contribution in [0.25, 0.3) is 0 Å². The first kappa shape index (κ1) is 74.6. The van der Waals surface area contributed by atoms with Crippen molar-refractivity contribution in [1.82, 2.24) is 0 Å². The number of aliphatic hydroxyl groups excluding tert-OH is 1. The van der Waals surface area contributed by atoms with Crippen molar-refractivity contribution in [2.45, 2.75) is 328 Å². The number of carbonyl (C=O) groups is 2. The fourth-order valence-electron chi connectivity index (χ4n) is 9.57. The monoisotopic (exact) mass is 1080 g/mol. The summed E-state index contributed by atoms with van der Waals surface area (Å²) in [7, 11) is 0. The van der Waals surface area contributed by atoms with Crippen LogP contribution >= 0.6 is 0 Å². The van der Waals surface area contributed by atoms with E-state index in [1.165, 1.54) is 205 Å². The summed E-state index contributed by atoms with van der Waals surface area (Å²) in [5.41, 5.74) is 0. The molecule has 0 heterocycles. The van der Waals surface area contributed by atoms with Crippen molar-refractivity contribution in [3.63, 3.8) is 0 Å². The van der Waals surface area contributed by atoms with Crippen LogP contribution in [0.2, 0.25) is 0 Å². The van der Waals surface area contributed by atoms with E-state index in [0.29, 0.717) is 12.8 Å². The molecule has 5 heteroatoms. The van der Waals surface area contributed by atoms with Gasteiger partial charge in [-0.05, 0) is 103 Å². The fraction of sp³-hybridized carbons (Fsp3) is 0.726. The topological polar surface area (TPSA) is 72.8 Å². The Kier molecular flexibility index (Phi) is 64.8. The zero-order chi connectivity index (χ0) is 56.2. The lowest BCUT2D eigenvalue weighted by Crippen LogP contribution is -2.28. The molecular weight excluding hydrogens is 957 g/mol. The molecule has 0 saturated carbocycles. The molecule has 0 aliphatic carbocycles. The van der Waals surface area contributed by atoms with E-state index in [0.717, 1.165) is 89.9 Å². The summed E-state index contributed by atoms with van der Waals surface area (Å²) in [6, 6.07) is 0. The summed E-state index contributed by atoms with van der Waals surface area (Å²) < 4.78 is 10.7. The SMILES string of the molecule is CC/C=C\C/C=C\C/C=C\C/C=C\C/C=C\C/C=C\C/C=C\C/C=C\CCCCCCCCCCCCCCCCC(=O)OC(CO)COC(=O)CCCCCCCCCCCCCCC/C=C\CCCCCCCCCC. The van der Waals surface area contributed by atoms with Crippen LogP contribution in [0.5, 0.6) is 0 Å².